The third-order valence-electron chi connectivity index (χ3n) is 5.05. The van der Waals surface area contributed by atoms with E-state index < -0.39 is 0 Å². The molecule has 24 heavy (non-hydrogen) atoms. The number of hydrogen-bond acceptors (Lipinski definition) is 4. The van der Waals surface area contributed by atoms with E-state index in [4.69, 9.17) is 10.1 Å². The Balaban J connectivity index is 1.61. The zero-order valence-electron chi connectivity index (χ0n) is 13.7. The fourth-order valence-electron chi connectivity index (χ4n) is 3.71. The first-order chi connectivity index (χ1) is 11.8. The molecule has 3 heterocycles. The number of aromatic nitrogens is 4. The molecule has 0 radical (unpaired) electrons. The summed E-state index contributed by atoms with van der Waals surface area (Å²) < 4.78 is 1.86. The minimum atomic E-state index is 0.437. The number of aryl methyl sites for hydroxylation is 2. The summed E-state index contributed by atoms with van der Waals surface area (Å²) >= 11 is 1.76. The zero-order chi connectivity index (χ0) is 16.3. The standard InChI is InChI=1S/C19H18N4S/c1-3-13-11(2)24-19-16(13)18-21-17(22-23(18)10-20-19)15-9-14(15)12-7-5-4-6-8-12/h4-8,10,14-15H,3,9H2,1-2H3/t14-,15+/m0/s1. The molecule has 0 bridgehead atoms. The fourth-order valence-corrected chi connectivity index (χ4v) is 4.79. The topological polar surface area (TPSA) is 43.1 Å². The molecule has 0 spiro atoms. The van der Waals surface area contributed by atoms with Crippen LogP contribution in [0, 0.1) is 6.92 Å². The van der Waals surface area contributed by atoms with Crippen molar-refractivity contribution in [2.75, 3.05) is 0 Å². The Morgan fingerprint density at radius 1 is 1.21 bits per heavy atom. The van der Waals surface area contributed by atoms with Gasteiger partial charge in [0, 0.05) is 10.8 Å². The van der Waals surface area contributed by atoms with Gasteiger partial charge in [-0.3, -0.25) is 0 Å². The Kier molecular flexibility index (Phi) is 3.00. The van der Waals surface area contributed by atoms with E-state index in [1.807, 2.05) is 10.8 Å². The maximum absolute atomic E-state index is 4.92. The lowest BCUT2D eigenvalue weighted by Crippen LogP contribution is -1.91. The maximum Gasteiger partial charge on any atom is 0.167 e. The van der Waals surface area contributed by atoms with Crippen LogP contribution in [0.2, 0.25) is 0 Å². The van der Waals surface area contributed by atoms with E-state index in [1.165, 1.54) is 21.4 Å². The van der Waals surface area contributed by atoms with Crippen molar-refractivity contribution in [3.8, 4) is 0 Å². The van der Waals surface area contributed by atoms with Gasteiger partial charge < -0.3 is 0 Å². The van der Waals surface area contributed by atoms with Crippen molar-refractivity contribution in [3.05, 3.63) is 58.5 Å². The van der Waals surface area contributed by atoms with Crippen LogP contribution >= 0.6 is 11.3 Å². The van der Waals surface area contributed by atoms with E-state index >= 15 is 0 Å². The summed E-state index contributed by atoms with van der Waals surface area (Å²) in [5.41, 5.74) is 3.72. The van der Waals surface area contributed by atoms with Crippen molar-refractivity contribution < 1.29 is 0 Å². The third kappa shape index (κ3) is 2.01. The van der Waals surface area contributed by atoms with Gasteiger partial charge in [0.1, 0.15) is 11.2 Å². The Morgan fingerprint density at radius 3 is 2.83 bits per heavy atom. The van der Waals surface area contributed by atoms with Crippen LogP contribution in [-0.4, -0.2) is 19.6 Å². The van der Waals surface area contributed by atoms with Gasteiger partial charge in [0.05, 0.1) is 5.39 Å². The summed E-state index contributed by atoms with van der Waals surface area (Å²) in [5.74, 6) is 1.96. The van der Waals surface area contributed by atoms with Crippen molar-refractivity contribution in [1.29, 1.82) is 0 Å². The van der Waals surface area contributed by atoms with Crippen molar-refractivity contribution in [3.63, 3.8) is 0 Å². The lowest BCUT2D eigenvalue weighted by molar-refractivity contribution is 0.850. The van der Waals surface area contributed by atoms with E-state index in [0.29, 0.717) is 11.8 Å². The largest absolute Gasteiger partial charge is 0.225 e. The number of thiophene rings is 1. The van der Waals surface area contributed by atoms with Crippen molar-refractivity contribution in [1.82, 2.24) is 19.6 Å². The van der Waals surface area contributed by atoms with Crippen LogP contribution in [0.3, 0.4) is 0 Å². The van der Waals surface area contributed by atoms with Crippen LogP contribution in [0.5, 0.6) is 0 Å². The molecule has 1 aliphatic carbocycles. The Morgan fingerprint density at radius 2 is 2.04 bits per heavy atom. The third-order valence-corrected chi connectivity index (χ3v) is 6.10. The fraction of sp³-hybridized carbons (Fsp3) is 0.316. The molecule has 1 saturated carbocycles. The molecule has 2 atom stereocenters. The van der Waals surface area contributed by atoms with Gasteiger partial charge in [0.25, 0.3) is 0 Å². The molecular weight excluding hydrogens is 316 g/mol. The number of hydrogen-bond donors (Lipinski definition) is 0. The van der Waals surface area contributed by atoms with Gasteiger partial charge in [0.2, 0.25) is 0 Å². The normalized spacial score (nSPS) is 20.1. The molecule has 4 nitrogen and oxygen atoms in total. The predicted molar refractivity (Wildman–Crippen MR) is 96.8 cm³/mol. The van der Waals surface area contributed by atoms with Gasteiger partial charge in [-0.2, -0.15) is 0 Å². The molecule has 5 heteroatoms. The molecule has 0 amide bonds. The Labute approximate surface area is 144 Å². The summed E-state index contributed by atoms with van der Waals surface area (Å²) in [6.45, 7) is 4.37. The second-order valence-corrected chi connectivity index (χ2v) is 7.72. The average molecular weight is 334 g/mol. The minimum absolute atomic E-state index is 0.437. The van der Waals surface area contributed by atoms with Crippen molar-refractivity contribution in [2.24, 2.45) is 0 Å². The molecule has 1 aromatic carbocycles. The highest BCUT2D eigenvalue weighted by atomic mass is 32.1. The molecule has 5 rings (SSSR count). The Bertz CT molecular complexity index is 1050. The molecule has 120 valence electrons. The highest BCUT2D eigenvalue weighted by Gasteiger charge is 2.42. The van der Waals surface area contributed by atoms with Gasteiger partial charge in [-0.15, -0.1) is 16.4 Å². The second kappa shape index (κ2) is 5.11. The van der Waals surface area contributed by atoms with E-state index in [2.05, 4.69) is 49.2 Å². The molecule has 4 aromatic rings. The molecule has 3 aromatic heterocycles. The van der Waals surface area contributed by atoms with Gasteiger partial charge in [-0.25, -0.2) is 14.5 Å². The summed E-state index contributed by atoms with van der Waals surface area (Å²) in [4.78, 5) is 11.9. The van der Waals surface area contributed by atoms with E-state index in [0.717, 1.165) is 29.1 Å². The number of nitrogens with zero attached hydrogens (tertiary/aromatic N) is 4. The maximum atomic E-state index is 4.92. The number of benzene rings is 1. The van der Waals surface area contributed by atoms with Crippen LogP contribution in [0.15, 0.2) is 36.7 Å². The van der Waals surface area contributed by atoms with Gasteiger partial charge in [-0.05, 0) is 36.8 Å². The zero-order valence-corrected chi connectivity index (χ0v) is 14.5. The van der Waals surface area contributed by atoms with Crippen LogP contribution in [0.1, 0.15) is 47.0 Å². The predicted octanol–water partition coefficient (Wildman–Crippen LogP) is 4.48. The summed E-state index contributed by atoms with van der Waals surface area (Å²) in [5, 5.41) is 5.93. The van der Waals surface area contributed by atoms with Crippen molar-refractivity contribution in [2.45, 2.75) is 38.5 Å². The van der Waals surface area contributed by atoms with Gasteiger partial charge >= 0.3 is 0 Å². The summed E-state index contributed by atoms with van der Waals surface area (Å²) in [7, 11) is 0. The lowest BCUT2D eigenvalue weighted by Gasteiger charge is -1.96. The van der Waals surface area contributed by atoms with Crippen LogP contribution in [0.4, 0.5) is 0 Å². The average Bonchev–Trinajstić information content (AvgIpc) is 3.17. The van der Waals surface area contributed by atoms with E-state index in [1.54, 1.807) is 11.3 Å². The first-order valence-corrected chi connectivity index (χ1v) is 9.26. The first-order valence-electron chi connectivity index (χ1n) is 8.44. The molecule has 1 fully saturated rings. The SMILES string of the molecule is CCc1c(C)sc2ncn3nc([C@@H]4C[C@H]4c4ccccc4)nc3c12. The van der Waals surface area contributed by atoms with Gasteiger partial charge in [0.15, 0.2) is 11.5 Å². The minimum Gasteiger partial charge on any atom is -0.225 e. The summed E-state index contributed by atoms with van der Waals surface area (Å²) in [6, 6.07) is 10.7. The second-order valence-electron chi connectivity index (χ2n) is 6.51. The first kappa shape index (κ1) is 14.1. The monoisotopic (exact) mass is 334 g/mol. The van der Waals surface area contributed by atoms with E-state index in [-0.39, 0.29) is 0 Å². The molecular formula is C19H18N4S. The Hall–Kier alpha value is -2.27. The summed E-state index contributed by atoms with van der Waals surface area (Å²) in [6.07, 6.45) is 3.95. The highest BCUT2D eigenvalue weighted by molar-refractivity contribution is 7.18. The molecule has 0 N–H and O–H groups in total. The number of fused-ring (bicyclic) bond motifs is 3. The van der Waals surface area contributed by atoms with Crippen LogP contribution in [0.25, 0.3) is 15.9 Å². The van der Waals surface area contributed by atoms with E-state index in [9.17, 15) is 0 Å². The van der Waals surface area contributed by atoms with Gasteiger partial charge in [-0.1, -0.05) is 37.3 Å². The molecule has 1 aliphatic rings. The molecule has 0 aliphatic heterocycles. The lowest BCUT2D eigenvalue weighted by atomic mass is 10.1. The van der Waals surface area contributed by atoms with Crippen molar-refractivity contribution >= 4 is 27.2 Å². The molecule has 0 unspecified atom stereocenters. The molecule has 0 saturated heterocycles. The smallest absolute Gasteiger partial charge is 0.167 e. The van der Waals surface area contributed by atoms with Crippen LogP contribution < -0.4 is 0 Å². The number of rotatable bonds is 3. The quantitative estimate of drug-likeness (QED) is 0.555. The highest BCUT2D eigenvalue weighted by Crippen LogP contribution is 2.53. The van der Waals surface area contributed by atoms with Crippen LogP contribution in [-0.2, 0) is 6.42 Å².